The lowest BCUT2D eigenvalue weighted by molar-refractivity contribution is -0.137. The van der Waals surface area contributed by atoms with Gasteiger partial charge in [0.25, 0.3) is 0 Å². The number of nitrogens with zero attached hydrogens (tertiary/aromatic N) is 1. The first-order chi connectivity index (χ1) is 11.2. The third kappa shape index (κ3) is 9.93. The van der Waals surface area contributed by atoms with Gasteiger partial charge in [-0.3, -0.25) is 9.78 Å². The van der Waals surface area contributed by atoms with Crippen molar-refractivity contribution in [2.75, 3.05) is 6.61 Å². The van der Waals surface area contributed by atoms with Gasteiger partial charge in [0.1, 0.15) is 5.75 Å². The second kappa shape index (κ2) is 12.9. The van der Waals surface area contributed by atoms with Crippen molar-refractivity contribution in [1.29, 1.82) is 0 Å². The van der Waals surface area contributed by atoms with E-state index < -0.39 is 5.97 Å². The summed E-state index contributed by atoms with van der Waals surface area (Å²) in [4.78, 5) is 14.9. The molecule has 1 N–H and O–H groups in total. The van der Waals surface area contributed by atoms with Gasteiger partial charge in [-0.05, 0) is 31.4 Å². The molecule has 4 heteroatoms. The van der Waals surface area contributed by atoms with Crippen molar-refractivity contribution >= 4 is 5.97 Å². The van der Waals surface area contributed by atoms with Crippen LogP contribution in [0.15, 0.2) is 18.3 Å². The highest BCUT2D eigenvalue weighted by Gasteiger charge is 2.06. The van der Waals surface area contributed by atoms with Gasteiger partial charge in [0.05, 0.1) is 12.3 Å². The highest BCUT2D eigenvalue weighted by molar-refractivity contribution is 5.66. The molecule has 0 saturated carbocycles. The Morgan fingerprint density at radius 1 is 1.09 bits per heavy atom. The zero-order valence-corrected chi connectivity index (χ0v) is 14.4. The van der Waals surface area contributed by atoms with Crippen LogP contribution in [0.3, 0.4) is 0 Å². The Hall–Kier alpha value is -1.58. The number of carbonyl (C=O) groups is 1. The van der Waals surface area contributed by atoms with E-state index in [9.17, 15) is 4.79 Å². The predicted octanol–water partition coefficient (Wildman–Crippen LogP) is 5.01. The molecular weight excluding hydrogens is 290 g/mol. The molecule has 0 saturated heterocycles. The first-order valence-electron chi connectivity index (χ1n) is 9.02. The van der Waals surface area contributed by atoms with Crippen molar-refractivity contribution in [2.45, 2.75) is 77.6 Å². The lowest BCUT2D eigenvalue weighted by Gasteiger charge is -2.10. The summed E-state index contributed by atoms with van der Waals surface area (Å²) in [6.07, 6.45) is 13.4. The van der Waals surface area contributed by atoms with Crippen LogP contribution in [0.5, 0.6) is 5.75 Å². The molecule has 130 valence electrons. The molecule has 0 unspecified atom stereocenters. The van der Waals surface area contributed by atoms with Crippen LogP contribution in [0.25, 0.3) is 0 Å². The van der Waals surface area contributed by atoms with Crippen molar-refractivity contribution in [1.82, 2.24) is 4.98 Å². The van der Waals surface area contributed by atoms with Gasteiger partial charge in [0.2, 0.25) is 0 Å². The molecule has 0 aliphatic heterocycles. The number of carboxylic acids is 1. The summed E-state index contributed by atoms with van der Waals surface area (Å²) in [5, 5.41) is 8.70. The van der Waals surface area contributed by atoms with Gasteiger partial charge in [-0.15, -0.1) is 0 Å². The van der Waals surface area contributed by atoms with E-state index >= 15 is 0 Å². The lowest BCUT2D eigenvalue weighted by Crippen LogP contribution is -2.03. The third-order valence-electron chi connectivity index (χ3n) is 3.91. The van der Waals surface area contributed by atoms with Crippen LogP contribution in [0.2, 0.25) is 0 Å². The topological polar surface area (TPSA) is 59.4 Å². The van der Waals surface area contributed by atoms with Crippen LogP contribution < -0.4 is 4.74 Å². The fraction of sp³-hybridized carbons (Fsp3) is 0.684. The number of aromatic nitrogens is 1. The Balaban J connectivity index is 2.15. The van der Waals surface area contributed by atoms with E-state index in [2.05, 4.69) is 11.9 Å². The van der Waals surface area contributed by atoms with Crippen LogP contribution in [-0.2, 0) is 11.2 Å². The summed E-state index contributed by atoms with van der Waals surface area (Å²) in [5.74, 6) is 0.0446. The van der Waals surface area contributed by atoms with Crippen LogP contribution in [0.4, 0.5) is 0 Å². The fourth-order valence-electron chi connectivity index (χ4n) is 2.57. The molecular formula is C19H31NO3. The first kappa shape index (κ1) is 19.5. The number of rotatable bonds is 14. The van der Waals surface area contributed by atoms with Crippen LogP contribution in [0, 0.1) is 0 Å². The Kier molecular flexibility index (Phi) is 10.9. The van der Waals surface area contributed by atoms with Crippen molar-refractivity contribution < 1.29 is 14.6 Å². The van der Waals surface area contributed by atoms with Crippen molar-refractivity contribution in [3.8, 4) is 5.75 Å². The number of aliphatic carboxylic acids is 1. The SMILES string of the molecule is CCCCCCCCCCOc1cccnc1CCCC(=O)O. The van der Waals surface area contributed by atoms with E-state index in [0.29, 0.717) is 19.4 Å². The number of hydrogen-bond acceptors (Lipinski definition) is 3. The van der Waals surface area contributed by atoms with E-state index in [0.717, 1.165) is 17.9 Å². The van der Waals surface area contributed by atoms with E-state index in [-0.39, 0.29) is 6.42 Å². The number of carboxylic acid groups (broad SMARTS) is 1. The minimum Gasteiger partial charge on any atom is -0.492 e. The number of ether oxygens (including phenoxy) is 1. The number of pyridine rings is 1. The number of hydrogen-bond donors (Lipinski definition) is 1. The fourth-order valence-corrected chi connectivity index (χ4v) is 2.57. The standard InChI is InChI=1S/C19H31NO3/c1-2-3-4-5-6-7-8-9-16-23-18-13-11-15-20-17(18)12-10-14-19(21)22/h11,13,15H,2-10,12,14,16H2,1H3,(H,21,22). The Morgan fingerprint density at radius 2 is 1.78 bits per heavy atom. The molecule has 0 bridgehead atoms. The highest BCUT2D eigenvalue weighted by Crippen LogP contribution is 2.18. The maximum atomic E-state index is 10.6. The van der Waals surface area contributed by atoms with Crippen molar-refractivity contribution in [3.63, 3.8) is 0 Å². The van der Waals surface area contributed by atoms with Gasteiger partial charge in [-0.25, -0.2) is 0 Å². The molecule has 1 rings (SSSR count). The summed E-state index contributed by atoms with van der Waals surface area (Å²) in [7, 11) is 0. The summed E-state index contributed by atoms with van der Waals surface area (Å²) < 4.78 is 5.83. The minimum atomic E-state index is -0.762. The van der Waals surface area contributed by atoms with Crippen LogP contribution in [-0.4, -0.2) is 22.7 Å². The van der Waals surface area contributed by atoms with E-state index in [1.54, 1.807) is 6.20 Å². The average Bonchev–Trinajstić information content (AvgIpc) is 2.54. The van der Waals surface area contributed by atoms with Gasteiger partial charge < -0.3 is 9.84 Å². The van der Waals surface area contributed by atoms with E-state index in [1.165, 1.54) is 44.9 Å². The Labute approximate surface area is 140 Å². The maximum Gasteiger partial charge on any atom is 0.303 e. The minimum absolute atomic E-state index is 0.175. The molecule has 0 aliphatic rings. The predicted molar refractivity (Wildman–Crippen MR) is 92.9 cm³/mol. The second-order valence-corrected chi connectivity index (χ2v) is 6.02. The zero-order valence-electron chi connectivity index (χ0n) is 14.4. The van der Waals surface area contributed by atoms with Crippen molar-refractivity contribution in [3.05, 3.63) is 24.0 Å². The Morgan fingerprint density at radius 3 is 2.48 bits per heavy atom. The molecule has 0 aromatic carbocycles. The van der Waals surface area contributed by atoms with Crippen LogP contribution >= 0.6 is 0 Å². The zero-order chi connectivity index (χ0) is 16.8. The molecule has 0 aliphatic carbocycles. The quantitative estimate of drug-likeness (QED) is 0.489. The maximum absolute atomic E-state index is 10.6. The molecule has 0 atom stereocenters. The summed E-state index contributed by atoms with van der Waals surface area (Å²) in [6, 6.07) is 3.79. The Bertz CT molecular complexity index is 434. The molecule has 0 fully saturated rings. The smallest absolute Gasteiger partial charge is 0.303 e. The molecule has 0 amide bonds. The van der Waals surface area contributed by atoms with E-state index in [4.69, 9.17) is 9.84 Å². The normalized spacial score (nSPS) is 10.7. The molecule has 0 spiro atoms. The monoisotopic (exact) mass is 321 g/mol. The van der Waals surface area contributed by atoms with Gasteiger partial charge in [-0.1, -0.05) is 51.9 Å². The first-order valence-corrected chi connectivity index (χ1v) is 9.02. The molecule has 4 nitrogen and oxygen atoms in total. The molecule has 23 heavy (non-hydrogen) atoms. The molecule has 1 heterocycles. The van der Waals surface area contributed by atoms with Crippen LogP contribution in [0.1, 0.15) is 76.8 Å². The number of aryl methyl sites for hydroxylation is 1. The second-order valence-electron chi connectivity index (χ2n) is 6.02. The van der Waals surface area contributed by atoms with Gasteiger partial charge in [-0.2, -0.15) is 0 Å². The molecule has 1 aromatic heterocycles. The average molecular weight is 321 g/mol. The van der Waals surface area contributed by atoms with Gasteiger partial charge in [0.15, 0.2) is 0 Å². The van der Waals surface area contributed by atoms with Gasteiger partial charge in [0, 0.05) is 12.6 Å². The number of unbranched alkanes of at least 4 members (excludes halogenated alkanes) is 7. The lowest BCUT2D eigenvalue weighted by atomic mass is 10.1. The largest absolute Gasteiger partial charge is 0.492 e. The van der Waals surface area contributed by atoms with E-state index in [1.807, 2.05) is 12.1 Å². The molecule has 0 radical (unpaired) electrons. The third-order valence-corrected chi connectivity index (χ3v) is 3.91. The summed E-state index contributed by atoms with van der Waals surface area (Å²) >= 11 is 0. The van der Waals surface area contributed by atoms with Crippen molar-refractivity contribution in [2.24, 2.45) is 0 Å². The summed E-state index contributed by atoms with van der Waals surface area (Å²) in [5.41, 5.74) is 0.869. The molecule has 1 aromatic rings. The van der Waals surface area contributed by atoms with Gasteiger partial charge >= 0.3 is 5.97 Å². The summed E-state index contributed by atoms with van der Waals surface area (Å²) in [6.45, 7) is 2.96. The highest BCUT2D eigenvalue weighted by atomic mass is 16.5.